The lowest BCUT2D eigenvalue weighted by Gasteiger charge is -2.17. The first kappa shape index (κ1) is 11.8. The van der Waals surface area contributed by atoms with Crippen LogP contribution >= 0.6 is 0 Å². The fourth-order valence-corrected chi connectivity index (χ4v) is 0.558. The van der Waals surface area contributed by atoms with Gasteiger partial charge in [-0.05, 0) is 0 Å². The SMILES string of the molecule is CO[C@H](OCC(=O)O)[C@@H](O)C(=O)O. The van der Waals surface area contributed by atoms with Crippen LogP contribution in [0.25, 0.3) is 0 Å². The molecule has 13 heavy (non-hydrogen) atoms. The molecule has 0 saturated heterocycles. The second-order valence-electron chi connectivity index (χ2n) is 2.09. The number of aliphatic hydroxyl groups excluding tert-OH is 1. The smallest absolute Gasteiger partial charge is 0.337 e. The molecule has 7 heteroatoms. The average Bonchev–Trinajstić information content (AvgIpc) is 2.04. The van der Waals surface area contributed by atoms with Gasteiger partial charge in [0, 0.05) is 7.11 Å². The van der Waals surface area contributed by atoms with E-state index in [4.69, 9.17) is 15.3 Å². The summed E-state index contributed by atoms with van der Waals surface area (Å²) < 4.78 is 8.83. The van der Waals surface area contributed by atoms with E-state index >= 15 is 0 Å². The standard InChI is InChI=1S/C6H10O7/c1-12-6(4(9)5(10)11)13-2-3(7)8/h4,6,9H,2H2,1H3,(H,7,8)(H,10,11)/t4-,6+/m0/s1. The van der Waals surface area contributed by atoms with Gasteiger partial charge < -0.3 is 24.8 Å². The van der Waals surface area contributed by atoms with Gasteiger partial charge in [-0.15, -0.1) is 0 Å². The number of carboxylic acid groups (broad SMARTS) is 2. The molecule has 0 aromatic carbocycles. The fraction of sp³-hybridized carbons (Fsp3) is 0.667. The van der Waals surface area contributed by atoms with E-state index in [9.17, 15) is 9.59 Å². The Kier molecular flexibility index (Phi) is 4.97. The van der Waals surface area contributed by atoms with Crippen LogP contribution in [0.1, 0.15) is 0 Å². The second-order valence-corrected chi connectivity index (χ2v) is 2.09. The van der Waals surface area contributed by atoms with Crippen molar-refractivity contribution >= 4 is 11.9 Å². The van der Waals surface area contributed by atoms with E-state index in [1.165, 1.54) is 0 Å². The molecule has 0 spiro atoms. The molecule has 0 saturated carbocycles. The van der Waals surface area contributed by atoms with E-state index in [1.807, 2.05) is 0 Å². The molecule has 0 fully saturated rings. The molecule has 0 bridgehead atoms. The number of carboxylic acids is 2. The van der Waals surface area contributed by atoms with Crippen LogP contribution in [0.5, 0.6) is 0 Å². The Balaban J connectivity index is 4.02. The molecule has 0 aromatic heterocycles. The molecule has 0 radical (unpaired) electrons. The zero-order valence-electron chi connectivity index (χ0n) is 6.84. The van der Waals surface area contributed by atoms with Gasteiger partial charge in [0.15, 0.2) is 6.29 Å². The van der Waals surface area contributed by atoms with E-state index < -0.39 is 30.9 Å². The van der Waals surface area contributed by atoms with Crippen molar-refractivity contribution in [3.05, 3.63) is 0 Å². The highest BCUT2D eigenvalue weighted by Crippen LogP contribution is 2.00. The molecule has 76 valence electrons. The van der Waals surface area contributed by atoms with Gasteiger partial charge in [-0.3, -0.25) is 0 Å². The Bertz CT molecular complexity index is 189. The Morgan fingerprint density at radius 1 is 1.38 bits per heavy atom. The molecule has 0 unspecified atom stereocenters. The Morgan fingerprint density at radius 3 is 2.23 bits per heavy atom. The van der Waals surface area contributed by atoms with Crippen molar-refractivity contribution in [2.24, 2.45) is 0 Å². The van der Waals surface area contributed by atoms with E-state index in [1.54, 1.807) is 0 Å². The van der Waals surface area contributed by atoms with Gasteiger partial charge in [0.05, 0.1) is 0 Å². The number of aliphatic carboxylic acids is 2. The van der Waals surface area contributed by atoms with Crippen LogP contribution in [-0.2, 0) is 19.1 Å². The quantitative estimate of drug-likeness (QED) is 0.441. The Hall–Kier alpha value is -1.18. The van der Waals surface area contributed by atoms with E-state index in [0.29, 0.717) is 0 Å². The third kappa shape index (κ3) is 4.41. The molecule has 0 amide bonds. The lowest BCUT2D eigenvalue weighted by Crippen LogP contribution is -2.38. The van der Waals surface area contributed by atoms with Crippen molar-refractivity contribution in [1.82, 2.24) is 0 Å². The number of hydrogen-bond acceptors (Lipinski definition) is 5. The van der Waals surface area contributed by atoms with Crippen LogP contribution in [0.4, 0.5) is 0 Å². The van der Waals surface area contributed by atoms with Crippen LogP contribution in [0, 0.1) is 0 Å². The van der Waals surface area contributed by atoms with E-state index in [-0.39, 0.29) is 0 Å². The Labute approximate surface area is 73.5 Å². The molecule has 0 rings (SSSR count). The molecule has 0 aliphatic rings. The molecule has 0 aromatic rings. The summed E-state index contributed by atoms with van der Waals surface area (Å²) in [5, 5.41) is 25.3. The van der Waals surface area contributed by atoms with Gasteiger partial charge >= 0.3 is 11.9 Å². The number of ether oxygens (including phenoxy) is 2. The summed E-state index contributed by atoms with van der Waals surface area (Å²) in [5.74, 6) is -2.82. The first-order chi connectivity index (χ1) is 5.99. The van der Waals surface area contributed by atoms with Gasteiger partial charge in [-0.25, -0.2) is 9.59 Å². The lowest BCUT2D eigenvalue weighted by atomic mass is 10.3. The maximum absolute atomic E-state index is 10.2. The maximum atomic E-state index is 10.2. The number of rotatable bonds is 6. The first-order valence-corrected chi connectivity index (χ1v) is 3.26. The summed E-state index contributed by atoms with van der Waals surface area (Å²) in [4.78, 5) is 20.2. The zero-order valence-corrected chi connectivity index (χ0v) is 6.84. The molecular weight excluding hydrogens is 184 g/mol. The summed E-state index contributed by atoms with van der Waals surface area (Å²) in [6.45, 7) is -0.733. The highest BCUT2D eigenvalue weighted by atomic mass is 16.7. The van der Waals surface area contributed by atoms with Gasteiger partial charge in [0.2, 0.25) is 6.10 Å². The Morgan fingerprint density at radius 2 is 1.92 bits per heavy atom. The lowest BCUT2D eigenvalue weighted by molar-refractivity contribution is -0.201. The third-order valence-electron chi connectivity index (χ3n) is 1.11. The van der Waals surface area contributed by atoms with Crippen molar-refractivity contribution < 1.29 is 34.4 Å². The van der Waals surface area contributed by atoms with Gasteiger partial charge in [0.1, 0.15) is 6.61 Å². The van der Waals surface area contributed by atoms with Crippen LogP contribution in [0.15, 0.2) is 0 Å². The predicted molar refractivity (Wildman–Crippen MR) is 38.0 cm³/mol. The molecule has 7 nitrogen and oxygen atoms in total. The van der Waals surface area contributed by atoms with Gasteiger partial charge in [-0.1, -0.05) is 0 Å². The molecule has 0 heterocycles. The summed E-state index contributed by atoms with van der Waals surface area (Å²) in [6.07, 6.45) is -3.38. The van der Waals surface area contributed by atoms with Crippen LogP contribution in [0.3, 0.4) is 0 Å². The minimum Gasteiger partial charge on any atom is -0.480 e. The normalized spacial score (nSPS) is 14.9. The topological polar surface area (TPSA) is 113 Å². The predicted octanol–water partition coefficient (Wildman–Crippen LogP) is -1.49. The highest BCUT2D eigenvalue weighted by molar-refractivity contribution is 5.72. The van der Waals surface area contributed by atoms with Crippen molar-refractivity contribution in [3.63, 3.8) is 0 Å². The van der Waals surface area contributed by atoms with E-state index in [2.05, 4.69) is 9.47 Å². The highest BCUT2D eigenvalue weighted by Gasteiger charge is 2.26. The van der Waals surface area contributed by atoms with E-state index in [0.717, 1.165) is 7.11 Å². The number of aliphatic hydroxyl groups is 1. The van der Waals surface area contributed by atoms with Gasteiger partial charge in [-0.2, -0.15) is 0 Å². The monoisotopic (exact) mass is 194 g/mol. The largest absolute Gasteiger partial charge is 0.480 e. The molecule has 0 aliphatic carbocycles. The van der Waals surface area contributed by atoms with Crippen molar-refractivity contribution in [2.75, 3.05) is 13.7 Å². The van der Waals surface area contributed by atoms with Crippen LogP contribution in [-0.4, -0.2) is 53.4 Å². The van der Waals surface area contributed by atoms with Crippen molar-refractivity contribution in [3.8, 4) is 0 Å². The molecular formula is C6H10O7. The third-order valence-corrected chi connectivity index (χ3v) is 1.11. The first-order valence-electron chi connectivity index (χ1n) is 3.26. The number of hydrogen-bond donors (Lipinski definition) is 3. The van der Waals surface area contributed by atoms with Gasteiger partial charge in [0.25, 0.3) is 0 Å². The van der Waals surface area contributed by atoms with Crippen molar-refractivity contribution in [2.45, 2.75) is 12.4 Å². The molecule has 2 atom stereocenters. The zero-order chi connectivity index (χ0) is 10.4. The molecule has 3 N–H and O–H groups in total. The summed E-state index contributed by atoms with van der Waals surface area (Å²) in [5.41, 5.74) is 0. The minimum absolute atomic E-state index is 0.733. The molecule has 0 aliphatic heterocycles. The maximum Gasteiger partial charge on any atom is 0.337 e. The van der Waals surface area contributed by atoms with Crippen molar-refractivity contribution in [1.29, 1.82) is 0 Å². The van der Waals surface area contributed by atoms with Crippen LogP contribution in [0.2, 0.25) is 0 Å². The summed E-state index contributed by atoms with van der Waals surface area (Å²) >= 11 is 0. The summed E-state index contributed by atoms with van der Waals surface area (Å²) in [6, 6.07) is 0. The average molecular weight is 194 g/mol. The van der Waals surface area contributed by atoms with Crippen LogP contribution < -0.4 is 0 Å². The summed E-state index contributed by atoms with van der Waals surface area (Å²) in [7, 11) is 1.10. The second kappa shape index (κ2) is 5.46. The number of carbonyl (C=O) groups is 2. The minimum atomic E-state index is -1.90. The number of methoxy groups -OCH3 is 1. The fourth-order valence-electron chi connectivity index (χ4n) is 0.558.